The van der Waals surface area contributed by atoms with Crippen LogP contribution in [0.2, 0.25) is 0 Å². The molecule has 0 saturated heterocycles. The van der Waals surface area contributed by atoms with Crippen molar-refractivity contribution in [3.63, 3.8) is 0 Å². The fourth-order valence-corrected chi connectivity index (χ4v) is 3.18. The van der Waals surface area contributed by atoms with Crippen LogP contribution in [0.5, 0.6) is 11.5 Å². The van der Waals surface area contributed by atoms with Crippen LogP contribution in [0.4, 0.5) is 5.82 Å². The fraction of sp³-hybridized carbons (Fsp3) is 0.0625. The van der Waals surface area contributed by atoms with Gasteiger partial charge < -0.3 is 13.6 Å². The summed E-state index contributed by atoms with van der Waals surface area (Å²) in [6, 6.07) is 19.2. The highest BCUT2D eigenvalue weighted by molar-refractivity contribution is 7.56. The Hall–Kier alpha value is -2.72. The first kappa shape index (κ1) is 15.2. The van der Waals surface area contributed by atoms with Crippen LogP contribution in [0.3, 0.4) is 0 Å². The Morgan fingerprint density at radius 3 is 1.91 bits per heavy atom. The van der Waals surface area contributed by atoms with Crippen molar-refractivity contribution in [3.05, 3.63) is 72.5 Å². The molecule has 0 fully saturated rings. The van der Waals surface area contributed by atoms with Crippen molar-refractivity contribution in [2.45, 2.75) is 6.92 Å². The van der Waals surface area contributed by atoms with Crippen LogP contribution >= 0.6 is 7.75 Å². The van der Waals surface area contributed by atoms with Crippen LogP contribution in [0, 0.1) is 6.92 Å². The van der Waals surface area contributed by atoms with Gasteiger partial charge in [-0.05, 0) is 31.2 Å². The molecule has 7 heteroatoms. The average molecular weight is 330 g/mol. The number of aryl methyl sites for hydroxylation is 1. The summed E-state index contributed by atoms with van der Waals surface area (Å²) >= 11 is 0. The van der Waals surface area contributed by atoms with Crippen LogP contribution in [0.1, 0.15) is 5.76 Å². The van der Waals surface area contributed by atoms with Gasteiger partial charge in [-0.3, -0.25) is 5.09 Å². The van der Waals surface area contributed by atoms with Gasteiger partial charge in [0, 0.05) is 6.07 Å². The SMILES string of the molecule is Cc1cc(NP(=O)(Oc2ccccc2)Oc2ccccc2)no1. The lowest BCUT2D eigenvalue weighted by atomic mass is 10.3. The van der Waals surface area contributed by atoms with Crippen molar-refractivity contribution >= 4 is 13.6 Å². The molecule has 3 aromatic rings. The molecule has 118 valence electrons. The van der Waals surface area contributed by atoms with E-state index in [4.69, 9.17) is 13.6 Å². The second kappa shape index (κ2) is 6.58. The van der Waals surface area contributed by atoms with E-state index in [1.54, 1.807) is 61.5 Å². The third-order valence-corrected chi connectivity index (χ3v) is 4.22. The molecule has 0 aliphatic rings. The first-order chi connectivity index (χ1) is 11.1. The van der Waals surface area contributed by atoms with Crippen molar-refractivity contribution in [2.75, 3.05) is 5.09 Å². The van der Waals surface area contributed by atoms with Gasteiger partial charge in [-0.2, -0.15) is 0 Å². The zero-order valence-electron chi connectivity index (χ0n) is 12.4. The van der Waals surface area contributed by atoms with Gasteiger partial charge in [0.15, 0.2) is 5.82 Å². The summed E-state index contributed by atoms with van der Waals surface area (Å²) < 4.78 is 29.2. The number of nitrogens with zero attached hydrogens (tertiary/aromatic N) is 1. The molecule has 0 saturated carbocycles. The lowest BCUT2D eigenvalue weighted by Gasteiger charge is -2.19. The summed E-state index contributed by atoms with van der Waals surface area (Å²) in [5.41, 5.74) is 0. The molecule has 0 atom stereocenters. The Morgan fingerprint density at radius 2 is 1.48 bits per heavy atom. The van der Waals surface area contributed by atoms with Crippen molar-refractivity contribution in [1.82, 2.24) is 5.16 Å². The maximum atomic E-state index is 13.1. The maximum absolute atomic E-state index is 13.1. The van der Waals surface area contributed by atoms with Gasteiger partial charge in [-0.15, -0.1) is 0 Å². The van der Waals surface area contributed by atoms with E-state index in [1.165, 1.54) is 0 Å². The largest absolute Gasteiger partial charge is 0.542 e. The molecule has 0 unspecified atom stereocenters. The molecule has 23 heavy (non-hydrogen) atoms. The Bertz CT molecular complexity index is 760. The van der Waals surface area contributed by atoms with Gasteiger partial charge in [0.25, 0.3) is 0 Å². The second-order valence-electron chi connectivity index (χ2n) is 4.74. The molecule has 1 N–H and O–H groups in total. The smallest absolute Gasteiger partial charge is 0.400 e. The first-order valence-electron chi connectivity index (χ1n) is 6.94. The van der Waals surface area contributed by atoms with Gasteiger partial charge >= 0.3 is 7.75 Å². The number of rotatable bonds is 6. The normalized spacial score (nSPS) is 11.0. The standard InChI is InChI=1S/C16H15N2O4P/c1-13-12-16(17-20-13)18-23(19,21-14-8-4-2-5-9-14)22-15-10-6-3-7-11-15/h2-12H,1H3,(H,17,18,19). The molecule has 6 nitrogen and oxygen atoms in total. The summed E-state index contributed by atoms with van der Waals surface area (Å²) in [6.07, 6.45) is 0. The number of aromatic nitrogens is 1. The van der Waals surface area contributed by atoms with E-state index in [-0.39, 0.29) is 5.82 Å². The predicted molar refractivity (Wildman–Crippen MR) is 86.6 cm³/mol. The third kappa shape index (κ3) is 4.14. The van der Waals surface area contributed by atoms with Gasteiger partial charge in [-0.25, -0.2) is 4.57 Å². The highest BCUT2D eigenvalue weighted by atomic mass is 31.2. The zero-order valence-corrected chi connectivity index (χ0v) is 13.3. The Balaban J connectivity index is 1.86. The lowest BCUT2D eigenvalue weighted by molar-refractivity contribution is 0.387. The number of hydrogen-bond acceptors (Lipinski definition) is 5. The molecular formula is C16H15N2O4P. The van der Waals surface area contributed by atoms with Crippen LogP contribution in [0.15, 0.2) is 71.3 Å². The molecule has 3 rings (SSSR count). The van der Waals surface area contributed by atoms with Gasteiger partial charge in [0.05, 0.1) is 0 Å². The van der Waals surface area contributed by atoms with Crippen molar-refractivity contribution in [2.24, 2.45) is 0 Å². The maximum Gasteiger partial charge on any atom is 0.542 e. The van der Waals surface area contributed by atoms with E-state index >= 15 is 0 Å². The molecule has 1 aromatic heterocycles. The van der Waals surface area contributed by atoms with Crippen LogP contribution in [0.25, 0.3) is 0 Å². The summed E-state index contributed by atoms with van der Waals surface area (Å²) in [4.78, 5) is 0. The quantitative estimate of drug-likeness (QED) is 0.663. The summed E-state index contributed by atoms with van der Waals surface area (Å²) in [5, 5.41) is 6.45. The highest BCUT2D eigenvalue weighted by Gasteiger charge is 2.30. The van der Waals surface area contributed by atoms with Crippen molar-refractivity contribution < 1.29 is 18.1 Å². The minimum atomic E-state index is -3.74. The molecule has 0 aliphatic carbocycles. The number of benzene rings is 2. The summed E-state index contributed by atoms with van der Waals surface area (Å²) in [7, 11) is -3.74. The first-order valence-corrected chi connectivity index (χ1v) is 8.48. The molecule has 0 bridgehead atoms. The minimum absolute atomic E-state index is 0.276. The molecule has 0 aliphatic heterocycles. The molecular weight excluding hydrogens is 315 g/mol. The molecule has 1 heterocycles. The minimum Gasteiger partial charge on any atom is -0.400 e. The molecule has 0 radical (unpaired) electrons. The van der Waals surface area contributed by atoms with E-state index in [2.05, 4.69) is 10.2 Å². The summed E-state index contributed by atoms with van der Waals surface area (Å²) in [5.74, 6) is 1.69. The van der Waals surface area contributed by atoms with Crippen LogP contribution in [-0.4, -0.2) is 5.16 Å². The molecule has 0 amide bonds. The van der Waals surface area contributed by atoms with E-state index < -0.39 is 7.75 Å². The van der Waals surface area contributed by atoms with Crippen LogP contribution < -0.4 is 14.1 Å². The predicted octanol–water partition coefficient (Wildman–Crippen LogP) is 4.66. The Kier molecular flexibility index (Phi) is 4.35. The third-order valence-electron chi connectivity index (χ3n) is 2.82. The topological polar surface area (TPSA) is 73.6 Å². The average Bonchev–Trinajstić information content (AvgIpc) is 2.93. The second-order valence-corrected chi connectivity index (χ2v) is 6.32. The number of hydrogen-bond donors (Lipinski definition) is 1. The molecule has 0 spiro atoms. The van der Waals surface area contributed by atoms with E-state index in [9.17, 15) is 4.57 Å². The van der Waals surface area contributed by atoms with Crippen molar-refractivity contribution in [3.8, 4) is 11.5 Å². The number of nitrogens with one attached hydrogen (secondary N) is 1. The molecule has 2 aromatic carbocycles. The van der Waals surface area contributed by atoms with Crippen molar-refractivity contribution in [1.29, 1.82) is 0 Å². The van der Waals surface area contributed by atoms with Gasteiger partial charge in [0.2, 0.25) is 0 Å². The fourth-order valence-electron chi connectivity index (χ4n) is 1.86. The number of anilines is 1. The lowest BCUT2D eigenvalue weighted by Crippen LogP contribution is -2.10. The Morgan fingerprint density at radius 1 is 0.957 bits per heavy atom. The van der Waals surface area contributed by atoms with E-state index in [0.29, 0.717) is 17.3 Å². The number of para-hydroxylation sites is 2. The highest BCUT2D eigenvalue weighted by Crippen LogP contribution is 2.48. The zero-order chi connectivity index (χ0) is 16.1. The summed E-state index contributed by atoms with van der Waals surface area (Å²) in [6.45, 7) is 1.74. The van der Waals surface area contributed by atoms with E-state index in [1.807, 2.05) is 12.1 Å². The van der Waals surface area contributed by atoms with Gasteiger partial charge in [0.1, 0.15) is 17.3 Å². The van der Waals surface area contributed by atoms with Gasteiger partial charge in [-0.1, -0.05) is 41.6 Å². The monoisotopic (exact) mass is 330 g/mol. The Labute approximate surface area is 133 Å². The van der Waals surface area contributed by atoms with E-state index in [0.717, 1.165) is 0 Å². The van der Waals surface area contributed by atoms with Crippen LogP contribution in [-0.2, 0) is 4.57 Å².